The van der Waals surface area contributed by atoms with Gasteiger partial charge in [0.1, 0.15) is 17.3 Å². The average molecular weight is 328 g/mol. The lowest BCUT2D eigenvalue weighted by Crippen LogP contribution is -2.34. The van der Waals surface area contributed by atoms with Crippen LogP contribution in [0.5, 0.6) is 0 Å². The molecule has 2 aromatic heterocycles. The molecule has 1 atom stereocenters. The Morgan fingerprint density at radius 3 is 2.78 bits per heavy atom. The summed E-state index contributed by atoms with van der Waals surface area (Å²) in [6.07, 6.45) is -1.74. The van der Waals surface area contributed by atoms with Gasteiger partial charge in [-0.05, 0) is 33.2 Å². The fraction of sp³-hybridized carbons (Fsp3) is 0.600. The number of nitrogens with zero attached hydrogens (tertiary/aromatic N) is 3. The Morgan fingerprint density at radius 2 is 2.17 bits per heavy atom. The number of hydrogen-bond donors (Lipinski definition) is 1. The van der Waals surface area contributed by atoms with Crippen molar-refractivity contribution in [2.75, 3.05) is 13.1 Å². The number of hydrogen-bond acceptors (Lipinski definition) is 4. The molecule has 0 saturated carbocycles. The van der Waals surface area contributed by atoms with Crippen LogP contribution in [0.3, 0.4) is 0 Å². The minimum absolute atomic E-state index is 0.0136. The topological polar surface area (TPSA) is 58.0 Å². The van der Waals surface area contributed by atoms with Crippen molar-refractivity contribution in [2.24, 2.45) is 0 Å². The highest BCUT2D eigenvalue weighted by Crippen LogP contribution is 2.31. The lowest BCUT2D eigenvalue weighted by molar-refractivity contribution is -0.141. The first kappa shape index (κ1) is 16.0. The molecular formula is C15H19F3N4O. The Morgan fingerprint density at radius 1 is 1.39 bits per heavy atom. The van der Waals surface area contributed by atoms with Crippen LogP contribution in [0.1, 0.15) is 47.3 Å². The van der Waals surface area contributed by atoms with Crippen molar-refractivity contribution in [3.8, 4) is 0 Å². The highest BCUT2D eigenvalue weighted by Gasteiger charge is 2.34. The number of H-pyrrole nitrogens is 1. The zero-order valence-corrected chi connectivity index (χ0v) is 13.1. The molecule has 2 aromatic rings. The zero-order chi connectivity index (χ0) is 16.6. The first-order valence-electron chi connectivity index (χ1n) is 7.61. The van der Waals surface area contributed by atoms with E-state index in [4.69, 9.17) is 4.52 Å². The number of aromatic nitrogens is 3. The summed E-state index contributed by atoms with van der Waals surface area (Å²) in [7, 11) is 0. The molecule has 1 fully saturated rings. The summed E-state index contributed by atoms with van der Waals surface area (Å²) in [5.74, 6) is 1.20. The van der Waals surface area contributed by atoms with E-state index in [2.05, 4.69) is 20.0 Å². The van der Waals surface area contributed by atoms with Gasteiger partial charge in [0.25, 0.3) is 0 Å². The first-order valence-corrected chi connectivity index (χ1v) is 7.61. The van der Waals surface area contributed by atoms with Crippen LogP contribution in [0.2, 0.25) is 0 Å². The van der Waals surface area contributed by atoms with Crippen LogP contribution < -0.4 is 0 Å². The fourth-order valence-corrected chi connectivity index (χ4v) is 3.06. The number of halogens is 3. The van der Waals surface area contributed by atoms with Gasteiger partial charge in [0.05, 0.1) is 11.9 Å². The molecule has 0 bridgehead atoms. The van der Waals surface area contributed by atoms with E-state index in [1.807, 2.05) is 13.8 Å². The van der Waals surface area contributed by atoms with Crippen molar-refractivity contribution in [2.45, 2.75) is 45.3 Å². The summed E-state index contributed by atoms with van der Waals surface area (Å²) >= 11 is 0. The van der Waals surface area contributed by atoms with E-state index >= 15 is 0 Å². The monoisotopic (exact) mass is 328 g/mol. The molecule has 1 unspecified atom stereocenters. The van der Waals surface area contributed by atoms with E-state index in [0.717, 1.165) is 42.6 Å². The number of imidazole rings is 1. The molecule has 0 amide bonds. The molecule has 1 aliphatic rings. The maximum atomic E-state index is 12.7. The van der Waals surface area contributed by atoms with E-state index in [1.54, 1.807) is 0 Å². The van der Waals surface area contributed by atoms with Crippen LogP contribution in [-0.2, 0) is 12.7 Å². The van der Waals surface area contributed by atoms with Gasteiger partial charge in [0, 0.05) is 24.6 Å². The van der Waals surface area contributed by atoms with Crippen LogP contribution >= 0.6 is 0 Å². The molecule has 8 heteroatoms. The van der Waals surface area contributed by atoms with Gasteiger partial charge in [-0.2, -0.15) is 13.2 Å². The Bertz CT molecular complexity index is 657. The molecule has 0 aromatic carbocycles. The molecule has 0 radical (unpaired) electrons. The molecule has 3 rings (SSSR count). The lowest BCUT2D eigenvalue weighted by Gasteiger charge is -2.31. The molecule has 5 nitrogen and oxygen atoms in total. The van der Waals surface area contributed by atoms with Gasteiger partial charge in [-0.15, -0.1) is 0 Å². The molecule has 0 aliphatic carbocycles. The van der Waals surface area contributed by atoms with Crippen molar-refractivity contribution < 1.29 is 17.7 Å². The SMILES string of the molecule is Cc1noc(C)c1CN1CCCC(c2ncc(C(F)(F)F)[nH]2)C1. The molecular weight excluding hydrogens is 309 g/mol. The van der Waals surface area contributed by atoms with Crippen molar-refractivity contribution in [1.29, 1.82) is 0 Å². The maximum Gasteiger partial charge on any atom is 0.432 e. The first-order chi connectivity index (χ1) is 10.8. The van der Waals surface area contributed by atoms with Gasteiger partial charge < -0.3 is 9.51 Å². The normalized spacial score (nSPS) is 20.1. The fourth-order valence-electron chi connectivity index (χ4n) is 3.06. The van der Waals surface area contributed by atoms with Gasteiger partial charge in [0.2, 0.25) is 0 Å². The number of alkyl halides is 3. The summed E-state index contributed by atoms with van der Waals surface area (Å²) in [6.45, 7) is 6.06. The third-order valence-electron chi connectivity index (χ3n) is 4.36. The second-order valence-corrected chi connectivity index (χ2v) is 6.06. The third kappa shape index (κ3) is 3.41. The predicted octanol–water partition coefficient (Wildman–Crippen LogP) is 3.41. The Kier molecular flexibility index (Phi) is 4.18. The van der Waals surface area contributed by atoms with Crippen LogP contribution in [0.25, 0.3) is 0 Å². The van der Waals surface area contributed by atoms with Crippen molar-refractivity contribution in [1.82, 2.24) is 20.0 Å². The quantitative estimate of drug-likeness (QED) is 0.938. The molecule has 23 heavy (non-hydrogen) atoms. The van der Waals surface area contributed by atoms with E-state index in [0.29, 0.717) is 18.9 Å². The standard InChI is InChI=1S/C15H19F3N4O/c1-9-12(10(2)23-21-9)8-22-5-3-4-11(7-22)14-19-6-13(20-14)15(16,17)18/h6,11H,3-5,7-8H2,1-2H3,(H,19,20). The molecule has 0 spiro atoms. The predicted molar refractivity (Wildman–Crippen MR) is 76.8 cm³/mol. The highest BCUT2D eigenvalue weighted by molar-refractivity contribution is 5.21. The molecule has 126 valence electrons. The molecule has 1 N–H and O–H groups in total. The summed E-state index contributed by atoms with van der Waals surface area (Å²) in [5, 5.41) is 3.94. The Labute approximate surface area is 131 Å². The second kappa shape index (κ2) is 5.99. The van der Waals surface area contributed by atoms with Crippen molar-refractivity contribution >= 4 is 0 Å². The average Bonchev–Trinajstić information content (AvgIpc) is 3.10. The second-order valence-electron chi connectivity index (χ2n) is 6.06. The van der Waals surface area contributed by atoms with Crippen LogP contribution in [0, 0.1) is 13.8 Å². The number of piperidine rings is 1. The largest absolute Gasteiger partial charge is 0.432 e. The van der Waals surface area contributed by atoms with Crippen molar-refractivity contribution in [3.05, 3.63) is 34.7 Å². The molecule has 3 heterocycles. The Balaban J connectivity index is 1.70. The molecule has 1 aliphatic heterocycles. The van der Waals surface area contributed by atoms with Crippen LogP contribution in [0.15, 0.2) is 10.7 Å². The molecule has 1 saturated heterocycles. The van der Waals surface area contributed by atoms with Gasteiger partial charge in [-0.3, -0.25) is 4.90 Å². The van der Waals surface area contributed by atoms with Gasteiger partial charge >= 0.3 is 6.18 Å². The lowest BCUT2D eigenvalue weighted by atomic mass is 9.97. The van der Waals surface area contributed by atoms with Crippen LogP contribution in [-0.4, -0.2) is 33.1 Å². The van der Waals surface area contributed by atoms with E-state index in [-0.39, 0.29) is 5.92 Å². The number of nitrogens with one attached hydrogen (secondary N) is 1. The summed E-state index contributed by atoms with van der Waals surface area (Å²) < 4.78 is 43.2. The third-order valence-corrected chi connectivity index (χ3v) is 4.36. The van der Waals surface area contributed by atoms with Crippen molar-refractivity contribution in [3.63, 3.8) is 0 Å². The number of aryl methyl sites for hydroxylation is 2. The minimum Gasteiger partial charge on any atom is -0.361 e. The summed E-state index contributed by atoms with van der Waals surface area (Å²) in [5.41, 5.74) is 1.14. The van der Waals surface area contributed by atoms with Gasteiger partial charge in [-0.25, -0.2) is 4.98 Å². The van der Waals surface area contributed by atoms with Gasteiger partial charge in [-0.1, -0.05) is 5.16 Å². The highest BCUT2D eigenvalue weighted by atomic mass is 19.4. The van der Waals surface area contributed by atoms with E-state index in [9.17, 15) is 13.2 Å². The number of rotatable bonds is 3. The number of aromatic amines is 1. The van der Waals surface area contributed by atoms with E-state index in [1.165, 1.54) is 0 Å². The number of likely N-dealkylation sites (tertiary alicyclic amines) is 1. The summed E-state index contributed by atoms with van der Waals surface area (Å²) in [6, 6.07) is 0. The maximum absolute atomic E-state index is 12.7. The Hall–Kier alpha value is -1.83. The smallest absolute Gasteiger partial charge is 0.361 e. The zero-order valence-electron chi connectivity index (χ0n) is 13.1. The van der Waals surface area contributed by atoms with Crippen LogP contribution in [0.4, 0.5) is 13.2 Å². The van der Waals surface area contributed by atoms with E-state index < -0.39 is 11.9 Å². The minimum atomic E-state index is -4.38. The summed E-state index contributed by atoms with van der Waals surface area (Å²) in [4.78, 5) is 8.59. The van der Waals surface area contributed by atoms with Gasteiger partial charge in [0.15, 0.2) is 0 Å².